The van der Waals surface area contributed by atoms with Crippen LogP contribution in [0.15, 0.2) is 18.2 Å². The number of halogens is 2. The van der Waals surface area contributed by atoms with Gasteiger partial charge in [-0.05, 0) is 50.0 Å². The Morgan fingerprint density at radius 3 is 2.75 bits per heavy atom. The maximum Gasteiger partial charge on any atom is 0.252 e. The molecular weight excluding hydrogens is 349 g/mol. The highest BCUT2D eigenvalue weighted by atomic mass is 35.5. The number of hydrogen-bond donors (Lipinski definition) is 3. The van der Waals surface area contributed by atoms with E-state index in [9.17, 15) is 9.59 Å². The van der Waals surface area contributed by atoms with E-state index in [0.29, 0.717) is 28.7 Å². The van der Waals surface area contributed by atoms with E-state index in [0.717, 1.165) is 25.9 Å². The molecule has 0 saturated carbocycles. The number of hydrogen-bond acceptors (Lipinski definition) is 3. The molecule has 1 aromatic rings. The number of amides is 2. The molecule has 0 bridgehead atoms. The van der Waals surface area contributed by atoms with E-state index < -0.39 is 0 Å². The number of benzene rings is 1. The van der Waals surface area contributed by atoms with Crippen LogP contribution in [0.4, 0.5) is 5.69 Å². The normalized spacial score (nSPS) is 16.6. The van der Waals surface area contributed by atoms with Gasteiger partial charge in [0.2, 0.25) is 5.91 Å². The standard InChI is InChI=1S/C17H24ClN3O2.ClH/c1-11(2)16(22)21-13-3-4-15(18)14(9-13)17(23)20-8-6-12-5-7-19-10-12;/h3-4,9,11-12,19H,5-8,10H2,1-2H3,(H,20,23)(H,21,22);1H. The van der Waals surface area contributed by atoms with E-state index >= 15 is 0 Å². The summed E-state index contributed by atoms with van der Waals surface area (Å²) in [6.07, 6.45) is 2.12. The fraction of sp³-hybridized carbons (Fsp3) is 0.529. The smallest absolute Gasteiger partial charge is 0.252 e. The highest BCUT2D eigenvalue weighted by molar-refractivity contribution is 6.34. The molecule has 1 fully saturated rings. The van der Waals surface area contributed by atoms with Gasteiger partial charge < -0.3 is 16.0 Å². The summed E-state index contributed by atoms with van der Waals surface area (Å²) in [5.74, 6) is 0.208. The molecule has 5 nitrogen and oxygen atoms in total. The van der Waals surface area contributed by atoms with Crippen molar-refractivity contribution in [2.75, 3.05) is 25.0 Å². The monoisotopic (exact) mass is 373 g/mol. The molecule has 0 aliphatic carbocycles. The summed E-state index contributed by atoms with van der Waals surface area (Å²) >= 11 is 6.11. The number of nitrogens with one attached hydrogen (secondary N) is 3. The lowest BCUT2D eigenvalue weighted by molar-refractivity contribution is -0.118. The third-order valence-electron chi connectivity index (χ3n) is 4.00. The molecule has 24 heavy (non-hydrogen) atoms. The van der Waals surface area contributed by atoms with Gasteiger partial charge in [-0.2, -0.15) is 0 Å². The molecule has 2 amide bonds. The van der Waals surface area contributed by atoms with Gasteiger partial charge in [0.25, 0.3) is 5.91 Å². The molecule has 0 spiro atoms. The second kappa shape index (κ2) is 9.87. The van der Waals surface area contributed by atoms with Gasteiger partial charge in [0.1, 0.15) is 0 Å². The minimum atomic E-state index is -0.207. The molecule has 3 N–H and O–H groups in total. The molecule has 1 aliphatic heterocycles. The van der Waals surface area contributed by atoms with Gasteiger partial charge in [0, 0.05) is 18.2 Å². The molecular formula is C17H25Cl2N3O2. The summed E-state index contributed by atoms with van der Waals surface area (Å²) in [7, 11) is 0. The minimum Gasteiger partial charge on any atom is -0.352 e. The van der Waals surface area contributed by atoms with Crippen molar-refractivity contribution in [1.82, 2.24) is 10.6 Å². The van der Waals surface area contributed by atoms with Crippen molar-refractivity contribution in [3.8, 4) is 0 Å². The number of anilines is 1. The van der Waals surface area contributed by atoms with Crippen LogP contribution in [0.5, 0.6) is 0 Å². The highest BCUT2D eigenvalue weighted by Crippen LogP contribution is 2.21. The van der Waals surface area contributed by atoms with E-state index in [4.69, 9.17) is 11.6 Å². The number of carbonyl (C=O) groups is 2. The first-order chi connectivity index (χ1) is 11.0. The number of carbonyl (C=O) groups excluding carboxylic acids is 2. The first-order valence-electron chi connectivity index (χ1n) is 8.06. The Labute approximate surface area is 154 Å². The summed E-state index contributed by atoms with van der Waals surface area (Å²) in [5.41, 5.74) is 0.969. The van der Waals surface area contributed by atoms with Crippen LogP contribution in [0.1, 0.15) is 37.0 Å². The van der Waals surface area contributed by atoms with Gasteiger partial charge in [-0.3, -0.25) is 9.59 Å². The summed E-state index contributed by atoms with van der Waals surface area (Å²) in [5, 5.41) is 9.38. The molecule has 1 heterocycles. The lowest BCUT2D eigenvalue weighted by atomic mass is 10.1. The quantitative estimate of drug-likeness (QED) is 0.717. The molecule has 1 saturated heterocycles. The molecule has 1 aliphatic rings. The van der Waals surface area contributed by atoms with Crippen LogP contribution in [0, 0.1) is 11.8 Å². The van der Waals surface area contributed by atoms with Gasteiger partial charge in [-0.1, -0.05) is 25.4 Å². The third-order valence-corrected chi connectivity index (χ3v) is 4.33. The Kier molecular flexibility index (Phi) is 8.53. The van der Waals surface area contributed by atoms with Crippen LogP contribution in [0.3, 0.4) is 0 Å². The zero-order valence-corrected chi connectivity index (χ0v) is 15.6. The second-order valence-corrected chi connectivity index (χ2v) is 6.65. The molecule has 1 atom stereocenters. The molecule has 2 rings (SSSR count). The molecule has 0 radical (unpaired) electrons. The first-order valence-corrected chi connectivity index (χ1v) is 8.44. The Balaban J connectivity index is 0.00000288. The van der Waals surface area contributed by atoms with Gasteiger partial charge in [-0.15, -0.1) is 12.4 Å². The van der Waals surface area contributed by atoms with Crippen molar-refractivity contribution in [3.05, 3.63) is 28.8 Å². The van der Waals surface area contributed by atoms with Crippen molar-refractivity contribution >= 4 is 41.5 Å². The Bertz CT molecular complexity index is 573. The van der Waals surface area contributed by atoms with E-state index in [1.165, 1.54) is 0 Å². The van der Waals surface area contributed by atoms with Crippen LogP contribution in [0.2, 0.25) is 5.02 Å². The van der Waals surface area contributed by atoms with E-state index in [-0.39, 0.29) is 30.1 Å². The zero-order valence-electron chi connectivity index (χ0n) is 14.0. The molecule has 7 heteroatoms. The maximum absolute atomic E-state index is 12.3. The molecule has 1 aromatic carbocycles. The first kappa shape index (κ1) is 20.7. The Morgan fingerprint density at radius 1 is 1.38 bits per heavy atom. The minimum absolute atomic E-state index is 0. The summed E-state index contributed by atoms with van der Waals surface area (Å²) in [6, 6.07) is 4.95. The SMILES string of the molecule is CC(C)C(=O)Nc1ccc(Cl)c(C(=O)NCCC2CCNC2)c1.Cl. The fourth-order valence-corrected chi connectivity index (χ4v) is 2.71. The van der Waals surface area contributed by atoms with Crippen molar-refractivity contribution in [3.63, 3.8) is 0 Å². The highest BCUT2D eigenvalue weighted by Gasteiger charge is 2.16. The van der Waals surface area contributed by atoms with E-state index in [2.05, 4.69) is 16.0 Å². The maximum atomic E-state index is 12.3. The van der Waals surface area contributed by atoms with Gasteiger partial charge >= 0.3 is 0 Å². The summed E-state index contributed by atoms with van der Waals surface area (Å²) in [6.45, 7) is 6.34. The Morgan fingerprint density at radius 2 is 2.12 bits per heavy atom. The van der Waals surface area contributed by atoms with Crippen molar-refractivity contribution in [1.29, 1.82) is 0 Å². The lowest BCUT2D eigenvalue weighted by Gasteiger charge is -2.12. The van der Waals surface area contributed by atoms with Crippen LogP contribution in [0.25, 0.3) is 0 Å². The largest absolute Gasteiger partial charge is 0.352 e. The van der Waals surface area contributed by atoms with Gasteiger partial charge in [0.15, 0.2) is 0 Å². The molecule has 134 valence electrons. The van der Waals surface area contributed by atoms with Crippen molar-refractivity contribution in [2.45, 2.75) is 26.7 Å². The molecule has 1 unspecified atom stereocenters. The van der Waals surface area contributed by atoms with Crippen LogP contribution >= 0.6 is 24.0 Å². The van der Waals surface area contributed by atoms with Gasteiger partial charge in [-0.25, -0.2) is 0 Å². The summed E-state index contributed by atoms with van der Waals surface area (Å²) < 4.78 is 0. The number of rotatable bonds is 6. The lowest BCUT2D eigenvalue weighted by Crippen LogP contribution is -2.27. The predicted octanol–water partition coefficient (Wildman–Crippen LogP) is 3.09. The van der Waals surface area contributed by atoms with E-state index in [1.807, 2.05) is 13.8 Å². The average molecular weight is 374 g/mol. The second-order valence-electron chi connectivity index (χ2n) is 6.24. The van der Waals surface area contributed by atoms with Gasteiger partial charge in [0.05, 0.1) is 10.6 Å². The van der Waals surface area contributed by atoms with E-state index in [1.54, 1.807) is 18.2 Å². The third kappa shape index (κ3) is 5.96. The zero-order chi connectivity index (χ0) is 16.8. The van der Waals surface area contributed by atoms with Crippen molar-refractivity contribution < 1.29 is 9.59 Å². The van der Waals surface area contributed by atoms with Crippen LogP contribution in [-0.4, -0.2) is 31.4 Å². The predicted molar refractivity (Wildman–Crippen MR) is 100 cm³/mol. The van der Waals surface area contributed by atoms with Crippen molar-refractivity contribution in [2.24, 2.45) is 11.8 Å². The average Bonchev–Trinajstić information content (AvgIpc) is 3.02. The van der Waals surface area contributed by atoms with Crippen LogP contribution in [-0.2, 0) is 4.79 Å². The topological polar surface area (TPSA) is 70.2 Å². The summed E-state index contributed by atoms with van der Waals surface area (Å²) in [4.78, 5) is 24.0. The molecule has 0 aromatic heterocycles. The van der Waals surface area contributed by atoms with Crippen LogP contribution < -0.4 is 16.0 Å². The Hall–Kier alpha value is -1.30. The fourth-order valence-electron chi connectivity index (χ4n) is 2.51.